The van der Waals surface area contributed by atoms with E-state index in [2.05, 4.69) is 37.4 Å². The normalized spacial score (nSPS) is 23.1. The first-order valence-corrected chi connectivity index (χ1v) is 6.13. The summed E-state index contributed by atoms with van der Waals surface area (Å²) in [6.45, 7) is 6.35. The minimum atomic E-state index is 0.238. The highest BCUT2D eigenvalue weighted by atomic mass is 16.5. The first kappa shape index (κ1) is 10.2. The molecule has 16 heavy (non-hydrogen) atoms. The molecule has 1 saturated heterocycles. The van der Waals surface area contributed by atoms with Crippen molar-refractivity contribution in [3.63, 3.8) is 0 Å². The first-order valence-electron chi connectivity index (χ1n) is 6.13. The lowest BCUT2D eigenvalue weighted by Crippen LogP contribution is -2.36. The van der Waals surface area contributed by atoms with Crippen molar-refractivity contribution in [1.82, 2.24) is 0 Å². The Morgan fingerprint density at radius 1 is 1.31 bits per heavy atom. The quantitative estimate of drug-likeness (QED) is 0.781. The van der Waals surface area contributed by atoms with Crippen LogP contribution in [0, 0.1) is 0 Å². The fraction of sp³-hybridized carbons (Fsp3) is 0.571. The highest BCUT2D eigenvalue weighted by Gasteiger charge is 2.29. The van der Waals surface area contributed by atoms with Gasteiger partial charge < -0.3 is 10.1 Å². The molecule has 86 valence electrons. The molecule has 0 spiro atoms. The smallest absolute Gasteiger partial charge is 0.0557 e. The number of fused-ring (bicyclic) bond motifs is 1. The van der Waals surface area contributed by atoms with Crippen LogP contribution in [-0.4, -0.2) is 18.8 Å². The minimum Gasteiger partial charge on any atom is -0.380 e. The number of rotatable bonds is 1. The molecule has 0 bridgehead atoms. The van der Waals surface area contributed by atoms with E-state index >= 15 is 0 Å². The predicted molar refractivity (Wildman–Crippen MR) is 66.0 cm³/mol. The Hall–Kier alpha value is -1.02. The van der Waals surface area contributed by atoms with Crippen LogP contribution >= 0.6 is 0 Å². The Morgan fingerprint density at radius 2 is 2.12 bits per heavy atom. The molecule has 1 N–H and O–H groups in total. The molecular weight excluding hydrogens is 198 g/mol. The number of anilines is 1. The molecule has 2 aliphatic heterocycles. The molecule has 0 aromatic heterocycles. The van der Waals surface area contributed by atoms with Gasteiger partial charge in [0.05, 0.1) is 13.2 Å². The van der Waals surface area contributed by atoms with Crippen molar-refractivity contribution in [2.45, 2.75) is 38.1 Å². The molecule has 1 fully saturated rings. The molecular formula is C14H19NO. The fourth-order valence-corrected chi connectivity index (χ4v) is 2.66. The summed E-state index contributed by atoms with van der Waals surface area (Å²) in [5.41, 5.74) is 4.60. The summed E-state index contributed by atoms with van der Waals surface area (Å²) in [6, 6.07) is 6.65. The van der Waals surface area contributed by atoms with E-state index in [0.29, 0.717) is 5.92 Å². The zero-order valence-corrected chi connectivity index (χ0v) is 10.0. The zero-order chi connectivity index (χ0) is 11.2. The van der Waals surface area contributed by atoms with E-state index in [0.717, 1.165) is 13.2 Å². The highest BCUT2D eigenvalue weighted by Crippen LogP contribution is 2.37. The van der Waals surface area contributed by atoms with Crippen LogP contribution in [0.3, 0.4) is 0 Å². The lowest BCUT2D eigenvalue weighted by Gasteiger charge is -2.37. The standard InChI is InChI=1S/C14H19NO/c1-14(2)7-6-12-11(10-8-16-9-10)4-3-5-13(12)15-14/h3-5,10,15H,6-9H2,1-2H3. The van der Waals surface area contributed by atoms with Gasteiger partial charge in [-0.25, -0.2) is 0 Å². The monoisotopic (exact) mass is 217 g/mol. The fourth-order valence-electron chi connectivity index (χ4n) is 2.66. The SMILES string of the molecule is CC1(C)CCc2c(cccc2C2COC2)N1. The third kappa shape index (κ3) is 1.61. The summed E-state index contributed by atoms with van der Waals surface area (Å²) < 4.78 is 5.30. The molecule has 0 atom stereocenters. The van der Waals surface area contributed by atoms with Crippen molar-refractivity contribution in [3.8, 4) is 0 Å². The summed E-state index contributed by atoms with van der Waals surface area (Å²) in [7, 11) is 0. The highest BCUT2D eigenvalue weighted by molar-refractivity contribution is 5.59. The number of hydrogen-bond acceptors (Lipinski definition) is 2. The molecule has 0 radical (unpaired) electrons. The third-order valence-corrected chi connectivity index (χ3v) is 3.76. The largest absolute Gasteiger partial charge is 0.380 e. The van der Waals surface area contributed by atoms with E-state index in [4.69, 9.17) is 4.74 Å². The van der Waals surface area contributed by atoms with Crippen molar-refractivity contribution < 1.29 is 4.74 Å². The third-order valence-electron chi connectivity index (χ3n) is 3.76. The van der Waals surface area contributed by atoms with E-state index in [9.17, 15) is 0 Å². The summed E-state index contributed by atoms with van der Waals surface area (Å²) in [5, 5.41) is 3.64. The molecule has 2 heteroatoms. The predicted octanol–water partition coefficient (Wildman–Crippen LogP) is 2.94. The van der Waals surface area contributed by atoms with E-state index in [1.54, 1.807) is 0 Å². The maximum atomic E-state index is 5.30. The van der Waals surface area contributed by atoms with Gasteiger partial charge in [-0.2, -0.15) is 0 Å². The Balaban J connectivity index is 1.97. The molecule has 2 aliphatic rings. The number of hydrogen-bond donors (Lipinski definition) is 1. The van der Waals surface area contributed by atoms with E-state index in [1.807, 2.05) is 0 Å². The summed E-state index contributed by atoms with van der Waals surface area (Å²) >= 11 is 0. The lowest BCUT2D eigenvalue weighted by molar-refractivity contribution is 0.00805. The van der Waals surface area contributed by atoms with Crippen molar-refractivity contribution in [2.24, 2.45) is 0 Å². The van der Waals surface area contributed by atoms with Gasteiger partial charge in [-0.05, 0) is 43.9 Å². The van der Waals surface area contributed by atoms with Gasteiger partial charge in [0.25, 0.3) is 0 Å². The number of nitrogens with one attached hydrogen (secondary N) is 1. The molecule has 1 aromatic rings. The van der Waals surface area contributed by atoms with Crippen molar-refractivity contribution in [3.05, 3.63) is 29.3 Å². The van der Waals surface area contributed by atoms with Crippen LogP contribution in [0.5, 0.6) is 0 Å². The van der Waals surface area contributed by atoms with E-state index in [-0.39, 0.29) is 5.54 Å². The molecule has 2 heterocycles. The Morgan fingerprint density at radius 3 is 2.81 bits per heavy atom. The topological polar surface area (TPSA) is 21.3 Å². The van der Waals surface area contributed by atoms with Gasteiger partial charge in [-0.3, -0.25) is 0 Å². The Kier molecular flexibility index (Phi) is 2.21. The number of benzene rings is 1. The average Bonchev–Trinajstić information content (AvgIpc) is 2.13. The van der Waals surface area contributed by atoms with E-state index < -0.39 is 0 Å². The van der Waals surface area contributed by atoms with Gasteiger partial charge in [0, 0.05) is 17.1 Å². The van der Waals surface area contributed by atoms with Gasteiger partial charge in [0.1, 0.15) is 0 Å². The van der Waals surface area contributed by atoms with Gasteiger partial charge >= 0.3 is 0 Å². The zero-order valence-electron chi connectivity index (χ0n) is 10.0. The van der Waals surface area contributed by atoms with Gasteiger partial charge in [-0.1, -0.05) is 12.1 Å². The molecule has 0 aliphatic carbocycles. The maximum Gasteiger partial charge on any atom is 0.0557 e. The van der Waals surface area contributed by atoms with Crippen LogP contribution in [0.2, 0.25) is 0 Å². The number of ether oxygens (including phenoxy) is 1. The molecule has 2 nitrogen and oxygen atoms in total. The second-order valence-electron chi connectivity index (χ2n) is 5.62. The lowest BCUT2D eigenvalue weighted by atomic mass is 9.83. The molecule has 3 rings (SSSR count). The first-order chi connectivity index (χ1) is 7.66. The van der Waals surface area contributed by atoms with Crippen molar-refractivity contribution in [2.75, 3.05) is 18.5 Å². The van der Waals surface area contributed by atoms with Crippen LogP contribution in [0.25, 0.3) is 0 Å². The summed E-state index contributed by atoms with van der Waals surface area (Å²) in [6.07, 6.45) is 2.41. The minimum absolute atomic E-state index is 0.238. The van der Waals surface area contributed by atoms with Crippen LogP contribution in [0.1, 0.15) is 37.3 Å². The van der Waals surface area contributed by atoms with Crippen LogP contribution in [0.4, 0.5) is 5.69 Å². The average molecular weight is 217 g/mol. The molecule has 0 amide bonds. The molecule has 0 saturated carbocycles. The second kappa shape index (κ2) is 3.49. The van der Waals surface area contributed by atoms with Crippen molar-refractivity contribution in [1.29, 1.82) is 0 Å². The Labute approximate surface area is 97.0 Å². The molecule has 1 aromatic carbocycles. The van der Waals surface area contributed by atoms with Crippen LogP contribution in [0.15, 0.2) is 18.2 Å². The van der Waals surface area contributed by atoms with Crippen LogP contribution in [-0.2, 0) is 11.2 Å². The van der Waals surface area contributed by atoms with Gasteiger partial charge in [-0.15, -0.1) is 0 Å². The van der Waals surface area contributed by atoms with Crippen molar-refractivity contribution >= 4 is 5.69 Å². The van der Waals surface area contributed by atoms with Crippen LogP contribution < -0.4 is 5.32 Å². The summed E-state index contributed by atoms with van der Waals surface area (Å²) in [4.78, 5) is 0. The van der Waals surface area contributed by atoms with E-state index in [1.165, 1.54) is 29.7 Å². The molecule has 0 unspecified atom stereocenters. The summed E-state index contributed by atoms with van der Waals surface area (Å²) in [5.74, 6) is 0.637. The second-order valence-corrected chi connectivity index (χ2v) is 5.62. The maximum absolute atomic E-state index is 5.30. The van der Waals surface area contributed by atoms with Gasteiger partial charge in [0.2, 0.25) is 0 Å². The Bertz CT molecular complexity index is 407. The van der Waals surface area contributed by atoms with Gasteiger partial charge in [0.15, 0.2) is 0 Å².